The molecule has 0 radical (unpaired) electrons. The largest absolute Gasteiger partial charge is 0.490 e. The predicted octanol–water partition coefficient (Wildman–Crippen LogP) is 3.47. The maximum atomic E-state index is 11.1. The van der Waals surface area contributed by atoms with Crippen LogP contribution in [0, 0.1) is 5.92 Å². The topological polar surface area (TPSA) is 55.8 Å². The van der Waals surface area contributed by atoms with Crippen molar-refractivity contribution in [2.45, 2.75) is 31.6 Å². The van der Waals surface area contributed by atoms with Gasteiger partial charge >= 0.3 is 5.97 Å². The molecule has 1 heterocycles. The summed E-state index contributed by atoms with van der Waals surface area (Å²) in [4.78, 5) is 11.1. The second-order valence-corrected chi connectivity index (χ2v) is 5.77. The first-order chi connectivity index (χ1) is 9.66. The number of ether oxygens (including phenoxy) is 2. The van der Waals surface area contributed by atoms with E-state index in [0.717, 1.165) is 24.8 Å². The van der Waals surface area contributed by atoms with Crippen LogP contribution in [0.5, 0.6) is 11.5 Å². The second-order valence-electron chi connectivity index (χ2n) is 5.39. The molecular weight excluding hydrogens is 280 g/mol. The number of aliphatic carboxylic acids is 1. The molecule has 0 bridgehead atoms. The molecule has 0 amide bonds. The molecule has 1 fully saturated rings. The smallest absolute Gasteiger partial charge is 0.303 e. The molecular formula is C15H17ClO4. The SMILES string of the molecule is O=C(O)CC(c1ccc2c(c1Cl)OCCCO2)C1CC1. The number of carboxylic acid groups (broad SMARTS) is 1. The molecule has 0 spiro atoms. The number of carbonyl (C=O) groups is 1. The minimum Gasteiger partial charge on any atom is -0.490 e. The van der Waals surface area contributed by atoms with E-state index < -0.39 is 5.97 Å². The Bertz CT molecular complexity index is 525. The minimum absolute atomic E-state index is 0.0304. The fraction of sp³-hybridized carbons (Fsp3) is 0.533. The fourth-order valence-corrected chi connectivity index (χ4v) is 3.07. The van der Waals surface area contributed by atoms with Gasteiger partial charge in [-0.3, -0.25) is 4.79 Å². The summed E-state index contributed by atoms with van der Waals surface area (Å²) in [5.41, 5.74) is 0.876. The molecule has 1 unspecified atom stereocenters. The molecule has 3 rings (SSSR count). The van der Waals surface area contributed by atoms with E-state index in [0.29, 0.717) is 35.7 Å². The zero-order valence-electron chi connectivity index (χ0n) is 11.1. The molecule has 1 aromatic carbocycles. The van der Waals surface area contributed by atoms with Crippen LogP contribution in [0.2, 0.25) is 5.02 Å². The van der Waals surface area contributed by atoms with Crippen LogP contribution in [-0.4, -0.2) is 24.3 Å². The van der Waals surface area contributed by atoms with Gasteiger partial charge in [-0.2, -0.15) is 0 Å². The summed E-state index contributed by atoms with van der Waals surface area (Å²) in [6.07, 6.45) is 3.08. The van der Waals surface area contributed by atoms with Crippen LogP contribution in [-0.2, 0) is 4.79 Å². The van der Waals surface area contributed by atoms with Gasteiger partial charge in [0.05, 0.1) is 24.7 Å². The van der Waals surface area contributed by atoms with E-state index in [9.17, 15) is 4.79 Å². The molecule has 5 heteroatoms. The first-order valence-corrected chi connectivity index (χ1v) is 7.34. The average Bonchev–Trinajstić information content (AvgIpc) is 3.24. The third kappa shape index (κ3) is 2.70. The highest BCUT2D eigenvalue weighted by molar-refractivity contribution is 6.33. The van der Waals surface area contributed by atoms with E-state index in [4.69, 9.17) is 26.2 Å². The first-order valence-electron chi connectivity index (χ1n) is 6.96. The summed E-state index contributed by atoms with van der Waals surface area (Å²) in [6, 6.07) is 3.74. The Kier molecular flexibility index (Phi) is 3.74. The van der Waals surface area contributed by atoms with Crippen molar-refractivity contribution in [1.82, 2.24) is 0 Å². The third-order valence-corrected chi connectivity index (χ3v) is 4.26. The summed E-state index contributed by atoms with van der Waals surface area (Å²) in [5.74, 6) is 0.828. The molecule has 2 aliphatic rings. The van der Waals surface area contributed by atoms with Crippen molar-refractivity contribution in [1.29, 1.82) is 0 Å². The second kappa shape index (κ2) is 5.52. The molecule has 1 aliphatic carbocycles. The number of halogens is 1. The van der Waals surface area contributed by atoms with Gasteiger partial charge in [0, 0.05) is 6.42 Å². The lowest BCUT2D eigenvalue weighted by atomic mass is 9.90. The number of carboxylic acids is 1. The number of hydrogen-bond acceptors (Lipinski definition) is 3. The number of fused-ring (bicyclic) bond motifs is 1. The standard InChI is InChI=1S/C15H17ClO4/c16-14-10(11(8-13(17)18)9-2-3-9)4-5-12-15(14)20-7-1-6-19-12/h4-5,9,11H,1-3,6-8H2,(H,17,18). The van der Waals surface area contributed by atoms with Gasteiger partial charge in [-0.05, 0) is 36.3 Å². The van der Waals surface area contributed by atoms with Gasteiger partial charge in [0.2, 0.25) is 0 Å². The van der Waals surface area contributed by atoms with Gasteiger partial charge in [0.1, 0.15) is 0 Å². The van der Waals surface area contributed by atoms with Crippen molar-refractivity contribution >= 4 is 17.6 Å². The normalized spacial score (nSPS) is 19.2. The van der Waals surface area contributed by atoms with Crippen molar-refractivity contribution in [2.75, 3.05) is 13.2 Å². The Labute approximate surface area is 122 Å². The third-order valence-electron chi connectivity index (χ3n) is 3.87. The molecule has 108 valence electrons. The van der Waals surface area contributed by atoms with Gasteiger partial charge in [0.25, 0.3) is 0 Å². The number of rotatable bonds is 4. The predicted molar refractivity (Wildman–Crippen MR) is 74.8 cm³/mol. The monoisotopic (exact) mass is 296 g/mol. The first kappa shape index (κ1) is 13.6. The van der Waals surface area contributed by atoms with Gasteiger partial charge in [0.15, 0.2) is 11.5 Å². The molecule has 1 atom stereocenters. The van der Waals surface area contributed by atoms with E-state index in [1.807, 2.05) is 12.1 Å². The Morgan fingerprint density at radius 1 is 1.35 bits per heavy atom. The molecule has 1 aromatic rings. The number of hydrogen-bond donors (Lipinski definition) is 1. The van der Waals surface area contributed by atoms with Crippen LogP contribution in [0.1, 0.15) is 37.2 Å². The lowest BCUT2D eigenvalue weighted by molar-refractivity contribution is -0.137. The van der Waals surface area contributed by atoms with E-state index in [2.05, 4.69) is 0 Å². The van der Waals surface area contributed by atoms with Crippen molar-refractivity contribution in [2.24, 2.45) is 5.92 Å². The van der Waals surface area contributed by atoms with Gasteiger partial charge in [-0.25, -0.2) is 0 Å². The lowest BCUT2D eigenvalue weighted by Gasteiger charge is -2.19. The van der Waals surface area contributed by atoms with Crippen molar-refractivity contribution in [3.8, 4) is 11.5 Å². The van der Waals surface area contributed by atoms with E-state index in [-0.39, 0.29) is 12.3 Å². The summed E-state index contributed by atoms with van der Waals surface area (Å²) >= 11 is 6.45. The van der Waals surface area contributed by atoms with Gasteiger partial charge in [-0.15, -0.1) is 0 Å². The fourth-order valence-electron chi connectivity index (χ4n) is 2.72. The molecule has 1 N–H and O–H groups in total. The molecule has 1 saturated carbocycles. The van der Waals surface area contributed by atoms with Gasteiger partial charge in [-0.1, -0.05) is 17.7 Å². The highest BCUT2D eigenvalue weighted by Gasteiger charge is 2.36. The Balaban J connectivity index is 1.96. The van der Waals surface area contributed by atoms with Crippen molar-refractivity contribution in [3.05, 3.63) is 22.7 Å². The van der Waals surface area contributed by atoms with Crippen LogP contribution in [0.3, 0.4) is 0 Å². The van der Waals surface area contributed by atoms with E-state index in [1.165, 1.54) is 0 Å². The van der Waals surface area contributed by atoms with Crippen molar-refractivity contribution < 1.29 is 19.4 Å². The minimum atomic E-state index is -0.787. The highest BCUT2D eigenvalue weighted by atomic mass is 35.5. The van der Waals surface area contributed by atoms with Crippen LogP contribution in [0.4, 0.5) is 0 Å². The zero-order chi connectivity index (χ0) is 14.1. The molecule has 0 saturated heterocycles. The van der Waals surface area contributed by atoms with E-state index in [1.54, 1.807) is 0 Å². The van der Waals surface area contributed by atoms with Gasteiger partial charge < -0.3 is 14.6 Å². The number of benzene rings is 1. The quantitative estimate of drug-likeness (QED) is 0.924. The van der Waals surface area contributed by atoms with E-state index >= 15 is 0 Å². The maximum Gasteiger partial charge on any atom is 0.303 e. The summed E-state index contributed by atoms with van der Waals surface area (Å²) < 4.78 is 11.3. The molecule has 0 aromatic heterocycles. The average molecular weight is 297 g/mol. The lowest BCUT2D eigenvalue weighted by Crippen LogP contribution is -2.09. The molecule has 20 heavy (non-hydrogen) atoms. The Morgan fingerprint density at radius 2 is 2.10 bits per heavy atom. The highest BCUT2D eigenvalue weighted by Crippen LogP contribution is 2.49. The molecule has 4 nitrogen and oxygen atoms in total. The van der Waals surface area contributed by atoms with Crippen molar-refractivity contribution in [3.63, 3.8) is 0 Å². The van der Waals surface area contributed by atoms with Crippen LogP contribution >= 0.6 is 11.6 Å². The van der Waals surface area contributed by atoms with Crippen LogP contribution < -0.4 is 9.47 Å². The summed E-state index contributed by atoms with van der Waals surface area (Å²) in [6.45, 7) is 1.19. The van der Waals surface area contributed by atoms with Crippen LogP contribution in [0.25, 0.3) is 0 Å². The Morgan fingerprint density at radius 3 is 2.80 bits per heavy atom. The zero-order valence-corrected chi connectivity index (χ0v) is 11.9. The molecule has 1 aliphatic heterocycles. The van der Waals surface area contributed by atoms with Crippen LogP contribution in [0.15, 0.2) is 12.1 Å². The Hall–Kier alpha value is -1.42. The maximum absolute atomic E-state index is 11.1. The summed E-state index contributed by atoms with van der Waals surface area (Å²) in [7, 11) is 0. The summed E-state index contributed by atoms with van der Waals surface area (Å²) in [5, 5.41) is 9.61.